The van der Waals surface area contributed by atoms with Crippen LogP contribution in [0.2, 0.25) is 0 Å². The topological polar surface area (TPSA) is 47.0 Å². The SMILES string of the molecule is ClCC1(Nc2ncc(I)cn2)CCOCC1. The predicted octanol–water partition coefficient (Wildman–Crippen LogP) is 2.28. The van der Waals surface area contributed by atoms with Crippen LogP contribution >= 0.6 is 34.2 Å². The van der Waals surface area contributed by atoms with Crippen LogP contribution in [0.1, 0.15) is 12.8 Å². The number of nitrogens with zero attached hydrogens (tertiary/aromatic N) is 2. The highest BCUT2D eigenvalue weighted by Crippen LogP contribution is 2.25. The molecule has 0 radical (unpaired) electrons. The van der Waals surface area contributed by atoms with E-state index in [1.165, 1.54) is 0 Å². The maximum atomic E-state index is 6.04. The Kier molecular flexibility index (Phi) is 4.21. The van der Waals surface area contributed by atoms with E-state index in [2.05, 4.69) is 37.9 Å². The molecule has 0 saturated carbocycles. The van der Waals surface area contributed by atoms with Gasteiger partial charge in [0.2, 0.25) is 5.95 Å². The molecule has 4 nitrogen and oxygen atoms in total. The molecule has 0 bridgehead atoms. The lowest BCUT2D eigenvalue weighted by molar-refractivity contribution is 0.0665. The quantitative estimate of drug-likeness (QED) is 0.669. The molecular weight excluding hydrogens is 340 g/mol. The van der Waals surface area contributed by atoms with Crippen LogP contribution in [0.4, 0.5) is 5.95 Å². The number of halogens is 2. The highest BCUT2D eigenvalue weighted by atomic mass is 127. The molecule has 0 atom stereocenters. The maximum Gasteiger partial charge on any atom is 0.223 e. The van der Waals surface area contributed by atoms with Crippen molar-refractivity contribution in [3.05, 3.63) is 16.0 Å². The minimum absolute atomic E-state index is 0.118. The molecule has 1 aromatic rings. The van der Waals surface area contributed by atoms with Gasteiger partial charge in [-0.1, -0.05) is 0 Å². The minimum atomic E-state index is -0.118. The zero-order valence-electron chi connectivity index (χ0n) is 8.75. The van der Waals surface area contributed by atoms with Crippen molar-refractivity contribution >= 4 is 40.1 Å². The van der Waals surface area contributed by atoms with E-state index in [1.807, 2.05) is 0 Å². The van der Waals surface area contributed by atoms with Gasteiger partial charge in [0.25, 0.3) is 0 Å². The second-order valence-electron chi connectivity index (χ2n) is 3.88. The fourth-order valence-electron chi connectivity index (χ4n) is 1.67. The van der Waals surface area contributed by atoms with Gasteiger partial charge >= 0.3 is 0 Å². The third kappa shape index (κ3) is 2.95. The number of hydrogen-bond donors (Lipinski definition) is 1. The van der Waals surface area contributed by atoms with E-state index in [0.29, 0.717) is 11.8 Å². The first kappa shape index (κ1) is 12.3. The molecule has 2 rings (SSSR count). The van der Waals surface area contributed by atoms with Crippen LogP contribution in [0.3, 0.4) is 0 Å². The van der Waals surface area contributed by atoms with Gasteiger partial charge in [-0.2, -0.15) is 0 Å². The van der Waals surface area contributed by atoms with Crippen LogP contribution in [0.15, 0.2) is 12.4 Å². The highest BCUT2D eigenvalue weighted by molar-refractivity contribution is 14.1. The summed E-state index contributed by atoms with van der Waals surface area (Å²) in [6.45, 7) is 1.48. The summed E-state index contributed by atoms with van der Waals surface area (Å²) in [6.07, 6.45) is 5.37. The zero-order chi connectivity index (χ0) is 11.4. The standard InChI is InChI=1S/C10H13ClIN3O/c11-7-10(1-3-16-4-2-10)15-9-13-5-8(12)6-14-9/h5-6H,1-4,7H2,(H,13,14,15). The second kappa shape index (κ2) is 5.46. The summed E-state index contributed by atoms with van der Waals surface area (Å²) in [7, 11) is 0. The molecule has 0 spiro atoms. The lowest BCUT2D eigenvalue weighted by atomic mass is 9.92. The van der Waals surface area contributed by atoms with Crippen molar-refractivity contribution in [1.82, 2.24) is 9.97 Å². The van der Waals surface area contributed by atoms with Gasteiger partial charge < -0.3 is 10.1 Å². The molecule has 1 saturated heterocycles. The number of alkyl halides is 1. The monoisotopic (exact) mass is 353 g/mol. The van der Waals surface area contributed by atoms with Crippen LogP contribution in [-0.2, 0) is 4.74 Å². The van der Waals surface area contributed by atoms with Crippen molar-refractivity contribution in [3.63, 3.8) is 0 Å². The van der Waals surface area contributed by atoms with Crippen LogP contribution in [0, 0.1) is 3.57 Å². The van der Waals surface area contributed by atoms with Crippen molar-refractivity contribution in [1.29, 1.82) is 0 Å². The summed E-state index contributed by atoms with van der Waals surface area (Å²) in [5.41, 5.74) is -0.118. The number of aromatic nitrogens is 2. The third-order valence-electron chi connectivity index (χ3n) is 2.70. The molecule has 88 valence electrons. The Morgan fingerprint density at radius 1 is 1.38 bits per heavy atom. The Labute approximate surface area is 113 Å². The van der Waals surface area contributed by atoms with Gasteiger partial charge in [0.05, 0.1) is 5.54 Å². The number of rotatable bonds is 3. The Balaban J connectivity index is 2.08. The van der Waals surface area contributed by atoms with Crippen molar-refractivity contribution in [2.24, 2.45) is 0 Å². The van der Waals surface area contributed by atoms with Crippen molar-refractivity contribution in [2.75, 3.05) is 24.4 Å². The average molecular weight is 354 g/mol. The molecule has 0 amide bonds. The van der Waals surface area contributed by atoms with Gasteiger partial charge in [-0.15, -0.1) is 11.6 Å². The molecule has 0 aromatic carbocycles. The summed E-state index contributed by atoms with van der Waals surface area (Å²) in [6, 6.07) is 0. The summed E-state index contributed by atoms with van der Waals surface area (Å²) < 4.78 is 6.37. The molecule has 16 heavy (non-hydrogen) atoms. The smallest absolute Gasteiger partial charge is 0.223 e. The van der Waals surface area contributed by atoms with Crippen LogP contribution < -0.4 is 5.32 Å². The number of anilines is 1. The van der Waals surface area contributed by atoms with Gasteiger partial charge in [0, 0.05) is 35.1 Å². The molecular formula is C10H13ClIN3O. The molecule has 1 aliphatic rings. The lowest BCUT2D eigenvalue weighted by Gasteiger charge is -2.36. The predicted molar refractivity (Wildman–Crippen MR) is 71.9 cm³/mol. The first-order chi connectivity index (χ1) is 7.74. The van der Waals surface area contributed by atoms with Crippen molar-refractivity contribution in [2.45, 2.75) is 18.4 Å². The van der Waals surface area contributed by atoms with Crippen LogP contribution in [0.25, 0.3) is 0 Å². The Hall–Kier alpha value is -0.140. The van der Waals surface area contributed by atoms with E-state index >= 15 is 0 Å². The number of nitrogens with one attached hydrogen (secondary N) is 1. The van der Waals surface area contributed by atoms with E-state index in [4.69, 9.17) is 16.3 Å². The van der Waals surface area contributed by atoms with Gasteiger partial charge in [0.15, 0.2) is 0 Å². The van der Waals surface area contributed by atoms with Crippen molar-refractivity contribution in [3.8, 4) is 0 Å². The molecule has 1 aliphatic heterocycles. The summed E-state index contributed by atoms with van der Waals surface area (Å²) in [4.78, 5) is 8.47. The lowest BCUT2D eigenvalue weighted by Crippen LogP contribution is -2.45. The Morgan fingerprint density at radius 3 is 2.56 bits per heavy atom. The summed E-state index contributed by atoms with van der Waals surface area (Å²) in [5.74, 6) is 1.19. The van der Waals surface area contributed by atoms with Crippen molar-refractivity contribution < 1.29 is 4.74 Å². The third-order valence-corrected chi connectivity index (χ3v) is 3.77. The maximum absolute atomic E-state index is 6.04. The molecule has 1 N–H and O–H groups in total. The Morgan fingerprint density at radius 2 is 2.00 bits per heavy atom. The molecule has 6 heteroatoms. The van der Waals surface area contributed by atoms with E-state index in [0.717, 1.165) is 29.6 Å². The fraction of sp³-hybridized carbons (Fsp3) is 0.600. The number of ether oxygens (including phenoxy) is 1. The zero-order valence-corrected chi connectivity index (χ0v) is 11.7. The first-order valence-corrected chi connectivity index (χ1v) is 6.75. The van der Waals surface area contributed by atoms with Gasteiger partial charge in [0.1, 0.15) is 0 Å². The molecule has 1 fully saturated rings. The van der Waals surface area contributed by atoms with E-state index in [9.17, 15) is 0 Å². The Bertz CT molecular complexity index is 340. The molecule has 2 heterocycles. The van der Waals surface area contributed by atoms with E-state index in [-0.39, 0.29) is 5.54 Å². The normalized spacial score (nSPS) is 19.4. The second-order valence-corrected chi connectivity index (χ2v) is 5.39. The summed E-state index contributed by atoms with van der Waals surface area (Å²) >= 11 is 8.22. The highest BCUT2D eigenvalue weighted by Gasteiger charge is 2.32. The molecule has 1 aromatic heterocycles. The van der Waals surface area contributed by atoms with Gasteiger partial charge in [-0.25, -0.2) is 9.97 Å². The average Bonchev–Trinajstić information content (AvgIpc) is 2.33. The van der Waals surface area contributed by atoms with E-state index < -0.39 is 0 Å². The number of hydrogen-bond acceptors (Lipinski definition) is 4. The van der Waals surface area contributed by atoms with E-state index in [1.54, 1.807) is 12.4 Å². The van der Waals surface area contributed by atoms with Crippen LogP contribution in [0.5, 0.6) is 0 Å². The van der Waals surface area contributed by atoms with Gasteiger partial charge in [-0.3, -0.25) is 0 Å². The van der Waals surface area contributed by atoms with Crippen LogP contribution in [-0.4, -0.2) is 34.6 Å². The first-order valence-electron chi connectivity index (χ1n) is 5.14. The molecule has 0 unspecified atom stereocenters. The van der Waals surface area contributed by atoms with Gasteiger partial charge in [-0.05, 0) is 35.4 Å². The molecule has 0 aliphatic carbocycles. The largest absolute Gasteiger partial charge is 0.381 e. The minimum Gasteiger partial charge on any atom is -0.381 e. The fourth-order valence-corrected chi connectivity index (χ4v) is 2.28. The summed E-state index contributed by atoms with van der Waals surface area (Å²) in [5, 5.41) is 3.33.